The van der Waals surface area contributed by atoms with Crippen LogP contribution in [0.1, 0.15) is 49.7 Å². The van der Waals surface area contributed by atoms with Crippen molar-refractivity contribution in [2.45, 2.75) is 39.3 Å². The topological polar surface area (TPSA) is 75.6 Å². The predicted octanol–water partition coefficient (Wildman–Crippen LogP) is 2.97. The van der Waals surface area contributed by atoms with Gasteiger partial charge in [-0.15, -0.1) is 0 Å². The molecule has 5 heteroatoms. The van der Waals surface area contributed by atoms with Crippen molar-refractivity contribution in [3.63, 3.8) is 0 Å². The van der Waals surface area contributed by atoms with Crippen molar-refractivity contribution in [3.8, 4) is 0 Å². The smallest absolute Gasteiger partial charge is 0.408 e. The van der Waals surface area contributed by atoms with Crippen LogP contribution < -0.4 is 5.32 Å². The summed E-state index contributed by atoms with van der Waals surface area (Å²) in [6.07, 6.45) is -0.498. The maximum atomic E-state index is 11.6. The fourth-order valence-electron chi connectivity index (χ4n) is 1.48. The van der Waals surface area contributed by atoms with Gasteiger partial charge in [0.1, 0.15) is 5.60 Å². The molecule has 104 valence electrons. The first-order valence-corrected chi connectivity index (χ1v) is 6.02. The van der Waals surface area contributed by atoms with Crippen LogP contribution in [-0.2, 0) is 4.74 Å². The molecule has 1 aromatic carbocycles. The molecule has 0 saturated carbocycles. The average molecular weight is 265 g/mol. The summed E-state index contributed by atoms with van der Waals surface area (Å²) in [5.41, 5.74) is 0.487. The predicted molar refractivity (Wildman–Crippen MR) is 71.2 cm³/mol. The van der Waals surface area contributed by atoms with E-state index >= 15 is 0 Å². The van der Waals surface area contributed by atoms with Crippen LogP contribution in [0.3, 0.4) is 0 Å². The fourth-order valence-corrected chi connectivity index (χ4v) is 1.48. The van der Waals surface area contributed by atoms with E-state index in [1.807, 2.05) is 0 Å². The lowest BCUT2D eigenvalue weighted by Gasteiger charge is -2.22. The molecular weight excluding hydrogens is 246 g/mol. The Morgan fingerprint density at radius 1 is 1.21 bits per heavy atom. The maximum Gasteiger partial charge on any atom is 0.408 e. The van der Waals surface area contributed by atoms with Gasteiger partial charge in [-0.25, -0.2) is 9.59 Å². The molecule has 0 heterocycles. The van der Waals surface area contributed by atoms with Crippen LogP contribution in [-0.4, -0.2) is 22.8 Å². The summed E-state index contributed by atoms with van der Waals surface area (Å²) >= 11 is 0. The molecule has 2 N–H and O–H groups in total. The first kappa shape index (κ1) is 15.0. The van der Waals surface area contributed by atoms with Crippen LogP contribution in [0.5, 0.6) is 0 Å². The Morgan fingerprint density at radius 3 is 2.16 bits per heavy atom. The number of nitrogens with one attached hydrogen (secondary N) is 1. The third kappa shape index (κ3) is 4.99. The van der Waals surface area contributed by atoms with Gasteiger partial charge in [-0.1, -0.05) is 12.1 Å². The molecule has 0 aliphatic carbocycles. The standard InChI is InChI=1S/C14H19NO4/c1-9(15-13(18)19-14(2,3)4)10-5-7-11(8-6-10)12(16)17/h5-9H,1-4H3,(H,15,18)(H,16,17)/t9-/m0/s1. The largest absolute Gasteiger partial charge is 0.478 e. The summed E-state index contributed by atoms with van der Waals surface area (Å²) in [7, 11) is 0. The Bertz CT molecular complexity index is 459. The minimum atomic E-state index is -0.973. The van der Waals surface area contributed by atoms with Gasteiger partial charge in [-0.2, -0.15) is 0 Å². The molecule has 5 nitrogen and oxygen atoms in total. The number of rotatable bonds is 3. The molecule has 0 fully saturated rings. The maximum absolute atomic E-state index is 11.6. The van der Waals surface area contributed by atoms with Gasteiger partial charge in [0.2, 0.25) is 0 Å². The molecule has 0 bridgehead atoms. The lowest BCUT2D eigenvalue weighted by molar-refractivity contribution is 0.0507. The normalized spacial score (nSPS) is 12.6. The molecular formula is C14H19NO4. The fraction of sp³-hybridized carbons (Fsp3) is 0.429. The lowest BCUT2D eigenvalue weighted by Crippen LogP contribution is -2.34. The molecule has 0 aromatic heterocycles. The van der Waals surface area contributed by atoms with E-state index < -0.39 is 17.7 Å². The van der Waals surface area contributed by atoms with Crippen molar-refractivity contribution >= 4 is 12.1 Å². The van der Waals surface area contributed by atoms with E-state index in [1.54, 1.807) is 39.8 Å². The van der Waals surface area contributed by atoms with Crippen molar-refractivity contribution in [2.75, 3.05) is 0 Å². The minimum Gasteiger partial charge on any atom is -0.478 e. The quantitative estimate of drug-likeness (QED) is 0.881. The van der Waals surface area contributed by atoms with Crippen molar-refractivity contribution in [1.82, 2.24) is 5.32 Å². The van der Waals surface area contributed by atoms with Crippen LogP contribution >= 0.6 is 0 Å². The molecule has 19 heavy (non-hydrogen) atoms. The number of carboxylic acids is 1. The Balaban J connectivity index is 2.65. The average Bonchev–Trinajstić information content (AvgIpc) is 2.26. The van der Waals surface area contributed by atoms with Crippen LogP contribution in [0.2, 0.25) is 0 Å². The second-order valence-corrected chi connectivity index (χ2v) is 5.30. The zero-order chi connectivity index (χ0) is 14.6. The van der Waals surface area contributed by atoms with E-state index in [9.17, 15) is 9.59 Å². The van der Waals surface area contributed by atoms with E-state index in [4.69, 9.17) is 9.84 Å². The van der Waals surface area contributed by atoms with Gasteiger partial charge < -0.3 is 15.2 Å². The zero-order valence-corrected chi connectivity index (χ0v) is 11.6. The van der Waals surface area contributed by atoms with Crippen LogP contribution in [0.4, 0.5) is 4.79 Å². The van der Waals surface area contributed by atoms with Gasteiger partial charge in [0.25, 0.3) is 0 Å². The molecule has 1 atom stereocenters. The molecule has 0 aliphatic rings. The van der Waals surface area contributed by atoms with E-state index in [1.165, 1.54) is 12.1 Å². The van der Waals surface area contributed by atoms with Crippen molar-refractivity contribution in [3.05, 3.63) is 35.4 Å². The van der Waals surface area contributed by atoms with Gasteiger partial charge in [-0.3, -0.25) is 0 Å². The number of alkyl carbamates (subject to hydrolysis) is 1. The number of ether oxygens (including phenoxy) is 1. The number of hydrogen-bond donors (Lipinski definition) is 2. The highest BCUT2D eigenvalue weighted by Gasteiger charge is 2.18. The third-order valence-corrected chi connectivity index (χ3v) is 2.39. The van der Waals surface area contributed by atoms with Crippen molar-refractivity contribution in [1.29, 1.82) is 0 Å². The number of hydrogen-bond acceptors (Lipinski definition) is 3. The van der Waals surface area contributed by atoms with Gasteiger partial charge >= 0.3 is 12.1 Å². The van der Waals surface area contributed by atoms with Gasteiger partial charge in [0.05, 0.1) is 11.6 Å². The first-order valence-electron chi connectivity index (χ1n) is 6.02. The molecule has 0 spiro atoms. The lowest BCUT2D eigenvalue weighted by atomic mass is 10.1. The third-order valence-electron chi connectivity index (χ3n) is 2.39. The number of carboxylic acid groups (broad SMARTS) is 1. The monoisotopic (exact) mass is 265 g/mol. The van der Waals surface area contributed by atoms with Crippen molar-refractivity contribution < 1.29 is 19.4 Å². The summed E-state index contributed by atoms with van der Waals surface area (Å²) < 4.78 is 5.15. The number of carbonyl (C=O) groups is 2. The minimum absolute atomic E-state index is 0.216. The van der Waals surface area contributed by atoms with Gasteiger partial charge in [-0.05, 0) is 45.4 Å². The molecule has 1 aromatic rings. The summed E-state index contributed by atoms with van der Waals surface area (Å²) in [5, 5.41) is 11.5. The summed E-state index contributed by atoms with van der Waals surface area (Å²) in [6, 6.07) is 6.10. The highest BCUT2D eigenvalue weighted by atomic mass is 16.6. The van der Waals surface area contributed by atoms with E-state index in [0.717, 1.165) is 5.56 Å². The molecule has 0 aliphatic heterocycles. The summed E-state index contributed by atoms with van der Waals surface area (Å²) in [5.74, 6) is -0.973. The Morgan fingerprint density at radius 2 is 1.74 bits per heavy atom. The van der Waals surface area contributed by atoms with Crippen LogP contribution in [0, 0.1) is 0 Å². The number of carbonyl (C=O) groups excluding carboxylic acids is 1. The number of benzene rings is 1. The summed E-state index contributed by atoms with van der Waals surface area (Å²) in [4.78, 5) is 22.3. The van der Waals surface area contributed by atoms with Gasteiger partial charge in [0.15, 0.2) is 0 Å². The second-order valence-electron chi connectivity index (χ2n) is 5.30. The molecule has 0 saturated heterocycles. The molecule has 0 unspecified atom stereocenters. The zero-order valence-electron chi connectivity index (χ0n) is 11.6. The van der Waals surface area contributed by atoms with Gasteiger partial charge in [0, 0.05) is 0 Å². The number of aromatic carboxylic acids is 1. The molecule has 1 amide bonds. The van der Waals surface area contributed by atoms with E-state index in [2.05, 4.69) is 5.32 Å². The highest BCUT2D eigenvalue weighted by molar-refractivity contribution is 5.87. The second kappa shape index (κ2) is 5.73. The van der Waals surface area contributed by atoms with E-state index in [-0.39, 0.29) is 11.6 Å². The Hall–Kier alpha value is -2.04. The Labute approximate surface area is 112 Å². The van der Waals surface area contributed by atoms with E-state index in [0.29, 0.717) is 0 Å². The summed E-state index contributed by atoms with van der Waals surface area (Å²) in [6.45, 7) is 7.18. The molecule has 1 rings (SSSR count). The van der Waals surface area contributed by atoms with Crippen LogP contribution in [0.15, 0.2) is 24.3 Å². The first-order chi connectivity index (χ1) is 8.69. The number of amides is 1. The molecule has 0 radical (unpaired) electrons. The highest BCUT2D eigenvalue weighted by Crippen LogP contribution is 2.15. The van der Waals surface area contributed by atoms with Crippen molar-refractivity contribution in [2.24, 2.45) is 0 Å². The SMILES string of the molecule is C[C@H](NC(=O)OC(C)(C)C)c1ccc(C(=O)O)cc1. The Kier molecular flexibility index (Phi) is 4.53. The van der Waals surface area contributed by atoms with Crippen LogP contribution in [0.25, 0.3) is 0 Å².